The second kappa shape index (κ2) is 7.46. The molecule has 0 radical (unpaired) electrons. The van der Waals surface area contributed by atoms with Crippen LogP contribution in [-0.2, 0) is 14.8 Å². The van der Waals surface area contributed by atoms with Gasteiger partial charge in [-0.05, 0) is 24.6 Å². The molecule has 1 aromatic carbocycles. The summed E-state index contributed by atoms with van der Waals surface area (Å²) in [6.45, 7) is 4.53. The van der Waals surface area contributed by atoms with Crippen LogP contribution in [0.3, 0.4) is 0 Å². The number of nitrogens with one attached hydrogen (secondary N) is 1. The fourth-order valence-electron chi connectivity index (χ4n) is 2.68. The smallest absolute Gasteiger partial charge is 0.262 e. The zero-order valence-electron chi connectivity index (χ0n) is 15.1. The number of anilines is 3. The van der Waals surface area contributed by atoms with Crippen LogP contribution >= 0.6 is 0 Å². The first-order valence-corrected chi connectivity index (χ1v) is 9.82. The third-order valence-electron chi connectivity index (χ3n) is 4.02. The van der Waals surface area contributed by atoms with Gasteiger partial charge < -0.3 is 14.5 Å². The van der Waals surface area contributed by atoms with Crippen molar-refractivity contribution in [3.05, 3.63) is 36.0 Å². The summed E-state index contributed by atoms with van der Waals surface area (Å²) in [5.41, 5.74) is 1.22. The SMILES string of the molecule is Cc1cccc(S(=O)(=O)Nc2cnc(N3CCOCC3)nc2N(C)C)c1. The van der Waals surface area contributed by atoms with Crippen LogP contribution < -0.4 is 14.5 Å². The highest BCUT2D eigenvalue weighted by Gasteiger charge is 2.21. The Hall–Kier alpha value is -2.39. The number of rotatable bonds is 5. The molecule has 3 rings (SSSR count). The lowest BCUT2D eigenvalue weighted by molar-refractivity contribution is 0.122. The number of benzene rings is 1. The first-order valence-electron chi connectivity index (χ1n) is 8.33. The van der Waals surface area contributed by atoms with E-state index in [0.717, 1.165) is 5.56 Å². The van der Waals surface area contributed by atoms with E-state index in [1.165, 1.54) is 6.20 Å². The van der Waals surface area contributed by atoms with E-state index in [1.54, 1.807) is 23.1 Å². The summed E-state index contributed by atoms with van der Waals surface area (Å²) >= 11 is 0. The van der Waals surface area contributed by atoms with Gasteiger partial charge in [0.2, 0.25) is 5.95 Å². The lowest BCUT2D eigenvalue weighted by atomic mass is 10.2. The summed E-state index contributed by atoms with van der Waals surface area (Å²) in [7, 11) is -0.0891. The Labute approximate surface area is 153 Å². The fraction of sp³-hybridized carbons (Fsp3) is 0.412. The van der Waals surface area contributed by atoms with Crippen molar-refractivity contribution in [3.8, 4) is 0 Å². The standard InChI is InChI=1S/C17H23N5O3S/c1-13-5-4-6-14(11-13)26(23,24)20-15-12-18-17(19-16(15)21(2)3)22-7-9-25-10-8-22/h4-6,11-12,20H,7-10H2,1-3H3. The number of sulfonamides is 1. The summed E-state index contributed by atoms with van der Waals surface area (Å²) in [6, 6.07) is 6.76. The van der Waals surface area contributed by atoms with Crippen LogP contribution in [0, 0.1) is 6.92 Å². The highest BCUT2D eigenvalue weighted by Crippen LogP contribution is 2.26. The number of morpholine rings is 1. The number of hydrogen-bond donors (Lipinski definition) is 1. The van der Waals surface area contributed by atoms with Crippen LogP contribution in [-0.4, -0.2) is 58.8 Å². The monoisotopic (exact) mass is 377 g/mol. The Kier molecular flexibility index (Phi) is 5.28. The molecule has 140 valence electrons. The van der Waals surface area contributed by atoms with Crippen LogP contribution in [0.2, 0.25) is 0 Å². The van der Waals surface area contributed by atoms with Gasteiger partial charge in [0, 0.05) is 27.2 Å². The molecule has 1 aliphatic rings. The molecule has 9 heteroatoms. The molecule has 1 saturated heterocycles. The Morgan fingerprint density at radius 2 is 1.96 bits per heavy atom. The Morgan fingerprint density at radius 1 is 1.23 bits per heavy atom. The predicted octanol–water partition coefficient (Wildman–Crippen LogP) is 1.49. The van der Waals surface area contributed by atoms with Crippen LogP contribution in [0.1, 0.15) is 5.56 Å². The zero-order chi connectivity index (χ0) is 18.7. The molecule has 2 aromatic rings. The van der Waals surface area contributed by atoms with E-state index in [2.05, 4.69) is 14.7 Å². The van der Waals surface area contributed by atoms with Crippen molar-refractivity contribution in [1.82, 2.24) is 9.97 Å². The van der Waals surface area contributed by atoms with Gasteiger partial charge in [-0.15, -0.1) is 0 Å². The molecule has 0 unspecified atom stereocenters. The number of hydrogen-bond acceptors (Lipinski definition) is 7. The van der Waals surface area contributed by atoms with E-state index in [-0.39, 0.29) is 4.90 Å². The molecule has 2 heterocycles. The molecule has 0 aliphatic carbocycles. The van der Waals surface area contributed by atoms with E-state index in [1.807, 2.05) is 32.0 Å². The molecule has 26 heavy (non-hydrogen) atoms. The van der Waals surface area contributed by atoms with E-state index in [9.17, 15) is 8.42 Å². The second-order valence-corrected chi connectivity index (χ2v) is 8.01. The van der Waals surface area contributed by atoms with Gasteiger partial charge in [0.1, 0.15) is 5.69 Å². The molecular formula is C17H23N5O3S. The van der Waals surface area contributed by atoms with E-state index < -0.39 is 10.0 Å². The van der Waals surface area contributed by atoms with Crippen molar-refractivity contribution in [2.75, 3.05) is 54.9 Å². The van der Waals surface area contributed by atoms with Crippen LogP contribution in [0.25, 0.3) is 0 Å². The van der Waals surface area contributed by atoms with E-state index >= 15 is 0 Å². The average molecular weight is 377 g/mol. The van der Waals surface area contributed by atoms with Gasteiger partial charge >= 0.3 is 0 Å². The second-order valence-electron chi connectivity index (χ2n) is 6.32. The molecule has 0 atom stereocenters. The largest absolute Gasteiger partial charge is 0.378 e. The number of ether oxygens (including phenoxy) is 1. The third-order valence-corrected chi connectivity index (χ3v) is 5.38. The summed E-state index contributed by atoms with van der Waals surface area (Å²) in [5.74, 6) is 1.08. The molecule has 1 aromatic heterocycles. The summed E-state index contributed by atoms with van der Waals surface area (Å²) in [5, 5.41) is 0. The first-order chi connectivity index (χ1) is 12.4. The van der Waals surface area contributed by atoms with Gasteiger partial charge in [0.15, 0.2) is 5.82 Å². The highest BCUT2D eigenvalue weighted by molar-refractivity contribution is 7.92. The Morgan fingerprint density at radius 3 is 2.62 bits per heavy atom. The van der Waals surface area contributed by atoms with Gasteiger partial charge in [0.25, 0.3) is 10.0 Å². The first kappa shape index (κ1) is 18.4. The van der Waals surface area contributed by atoms with Crippen molar-refractivity contribution in [1.29, 1.82) is 0 Å². The van der Waals surface area contributed by atoms with Gasteiger partial charge in [0.05, 0.1) is 24.3 Å². The minimum absolute atomic E-state index is 0.208. The number of nitrogens with zero attached hydrogens (tertiary/aromatic N) is 4. The lowest BCUT2D eigenvalue weighted by Gasteiger charge is -2.28. The summed E-state index contributed by atoms with van der Waals surface area (Å²) < 4.78 is 33.4. The van der Waals surface area contributed by atoms with Crippen molar-refractivity contribution in [3.63, 3.8) is 0 Å². The zero-order valence-corrected chi connectivity index (χ0v) is 16.0. The van der Waals surface area contributed by atoms with Crippen LogP contribution in [0.5, 0.6) is 0 Å². The topological polar surface area (TPSA) is 87.7 Å². The van der Waals surface area contributed by atoms with Gasteiger partial charge in [-0.1, -0.05) is 12.1 Å². The maximum atomic E-state index is 12.7. The molecule has 0 amide bonds. The average Bonchev–Trinajstić information content (AvgIpc) is 2.62. The van der Waals surface area contributed by atoms with Crippen molar-refractivity contribution < 1.29 is 13.2 Å². The quantitative estimate of drug-likeness (QED) is 0.844. The number of aryl methyl sites for hydroxylation is 1. The van der Waals surface area contributed by atoms with E-state index in [4.69, 9.17) is 4.74 Å². The van der Waals surface area contributed by atoms with Crippen molar-refractivity contribution in [2.24, 2.45) is 0 Å². The summed E-state index contributed by atoms with van der Waals surface area (Å²) in [4.78, 5) is 12.9. The van der Waals surface area contributed by atoms with Gasteiger partial charge in [-0.25, -0.2) is 13.4 Å². The van der Waals surface area contributed by atoms with Gasteiger partial charge in [-0.2, -0.15) is 4.98 Å². The Balaban J connectivity index is 1.91. The van der Waals surface area contributed by atoms with Crippen LogP contribution in [0.15, 0.2) is 35.4 Å². The molecule has 0 saturated carbocycles. The normalized spacial score (nSPS) is 15.0. The highest BCUT2D eigenvalue weighted by atomic mass is 32.2. The molecule has 1 N–H and O–H groups in total. The molecular weight excluding hydrogens is 354 g/mol. The van der Waals surface area contributed by atoms with Crippen molar-refractivity contribution >= 4 is 27.5 Å². The predicted molar refractivity (Wildman–Crippen MR) is 101 cm³/mol. The molecule has 0 spiro atoms. The maximum Gasteiger partial charge on any atom is 0.262 e. The molecule has 1 aliphatic heterocycles. The van der Waals surface area contributed by atoms with Crippen molar-refractivity contribution in [2.45, 2.75) is 11.8 Å². The molecule has 1 fully saturated rings. The molecule has 0 bridgehead atoms. The third kappa shape index (κ3) is 4.05. The fourth-order valence-corrected chi connectivity index (χ4v) is 3.83. The minimum atomic E-state index is -3.72. The van der Waals surface area contributed by atoms with Gasteiger partial charge in [-0.3, -0.25) is 4.72 Å². The minimum Gasteiger partial charge on any atom is -0.378 e. The maximum absolute atomic E-state index is 12.7. The summed E-state index contributed by atoms with van der Waals surface area (Å²) in [6.07, 6.45) is 1.51. The van der Waals surface area contributed by atoms with Crippen LogP contribution in [0.4, 0.5) is 17.5 Å². The Bertz CT molecular complexity index is 880. The number of aromatic nitrogens is 2. The lowest BCUT2D eigenvalue weighted by Crippen LogP contribution is -2.37. The molecule has 8 nitrogen and oxygen atoms in total. The van der Waals surface area contributed by atoms with E-state index in [0.29, 0.717) is 43.8 Å².